The minimum absolute atomic E-state index is 0.148. The van der Waals surface area contributed by atoms with E-state index in [4.69, 9.17) is 18.9 Å². The molecule has 0 radical (unpaired) electrons. The molecule has 6 rings (SSSR count). The summed E-state index contributed by atoms with van der Waals surface area (Å²) in [7, 11) is 2.73. The second kappa shape index (κ2) is 14.9. The van der Waals surface area contributed by atoms with Gasteiger partial charge < -0.3 is 33.9 Å². The van der Waals surface area contributed by atoms with E-state index in [-0.39, 0.29) is 24.8 Å². The highest BCUT2D eigenvalue weighted by Crippen LogP contribution is 2.51. The number of ether oxygens (including phenoxy) is 4. The van der Waals surface area contributed by atoms with Crippen molar-refractivity contribution in [1.82, 2.24) is 15.0 Å². The minimum Gasteiger partial charge on any atom is -0.469 e. The van der Waals surface area contributed by atoms with Crippen LogP contribution in [-0.2, 0) is 54.2 Å². The second-order valence-corrected chi connectivity index (χ2v) is 16.2. The molecule has 0 fully saturated rings. The topological polar surface area (TPSA) is 153 Å². The summed E-state index contributed by atoms with van der Waals surface area (Å²) in [5, 5.41) is 2.27. The summed E-state index contributed by atoms with van der Waals surface area (Å²) in [4.78, 5) is 62.1. The highest BCUT2D eigenvalue weighted by molar-refractivity contribution is 6.16. The van der Waals surface area contributed by atoms with Crippen molar-refractivity contribution in [3.8, 4) is 22.3 Å². The molecule has 0 saturated carbocycles. The number of H-pyrrole nitrogens is 3. The summed E-state index contributed by atoms with van der Waals surface area (Å²) >= 11 is 0. The van der Waals surface area contributed by atoms with Crippen molar-refractivity contribution < 1.29 is 38.1 Å². The predicted molar refractivity (Wildman–Crippen MR) is 210 cm³/mol. The molecule has 3 N–H and O–H groups in total. The van der Waals surface area contributed by atoms with Crippen LogP contribution in [0.5, 0.6) is 0 Å². The Morgan fingerprint density at radius 2 is 0.982 bits per heavy atom. The molecule has 3 heterocycles. The number of aromatic nitrogens is 3. The summed E-state index contributed by atoms with van der Waals surface area (Å²) in [6, 6.07) is 12.6. The Bertz CT molecular complexity index is 2170. The Kier molecular flexibility index (Phi) is 10.6. The van der Waals surface area contributed by atoms with Gasteiger partial charge in [0, 0.05) is 59.6 Å². The van der Waals surface area contributed by atoms with Gasteiger partial charge in [-0.25, -0.2) is 9.59 Å². The fraction of sp³-hybridized carbons (Fsp3) is 0.409. The Labute approximate surface area is 321 Å². The van der Waals surface area contributed by atoms with E-state index in [2.05, 4.69) is 51.4 Å². The number of fused-ring (bicyclic) bond motifs is 3. The zero-order chi connectivity index (χ0) is 40.0. The first-order chi connectivity index (χ1) is 25.9. The summed E-state index contributed by atoms with van der Waals surface area (Å²) in [5.74, 6) is -1.61. The molecular formula is C44H51N3O8. The van der Waals surface area contributed by atoms with E-state index >= 15 is 0 Å². The molecule has 11 nitrogen and oxygen atoms in total. The van der Waals surface area contributed by atoms with Crippen molar-refractivity contribution in [2.45, 2.75) is 105 Å². The second-order valence-electron chi connectivity index (χ2n) is 16.2. The summed E-state index contributed by atoms with van der Waals surface area (Å²) in [6.45, 7) is 14.7. The van der Waals surface area contributed by atoms with Crippen molar-refractivity contribution in [2.24, 2.45) is 0 Å². The van der Waals surface area contributed by atoms with E-state index in [1.54, 1.807) is 0 Å². The smallest absolute Gasteiger partial charge is 0.355 e. The number of carbonyl (C=O) groups excluding carboxylic acids is 4. The van der Waals surface area contributed by atoms with Crippen molar-refractivity contribution in [1.29, 1.82) is 0 Å². The van der Waals surface area contributed by atoms with Gasteiger partial charge in [-0.2, -0.15) is 0 Å². The zero-order valence-corrected chi connectivity index (χ0v) is 33.5. The van der Waals surface area contributed by atoms with Gasteiger partial charge in [0.25, 0.3) is 0 Å². The van der Waals surface area contributed by atoms with Crippen molar-refractivity contribution in [3.05, 3.63) is 92.8 Å². The monoisotopic (exact) mass is 749 g/mol. The van der Waals surface area contributed by atoms with Crippen LogP contribution in [0.25, 0.3) is 33.0 Å². The van der Waals surface area contributed by atoms with E-state index in [1.807, 2.05) is 55.4 Å². The van der Waals surface area contributed by atoms with Crippen molar-refractivity contribution >= 4 is 34.6 Å². The summed E-state index contributed by atoms with van der Waals surface area (Å²) < 4.78 is 21.5. The number of hydrogen-bond donors (Lipinski definition) is 3. The van der Waals surface area contributed by atoms with Crippen LogP contribution in [0.2, 0.25) is 0 Å². The van der Waals surface area contributed by atoms with E-state index in [9.17, 15) is 19.2 Å². The molecule has 0 bridgehead atoms. The quantitative estimate of drug-likeness (QED) is 0.0834. The van der Waals surface area contributed by atoms with Crippen LogP contribution in [0.3, 0.4) is 0 Å². The molecule has 0 aliphatic heterocycles. The number of esters is 4. The molecule has 1 aliphatic carbocycles. The fourth-order valence-electron chi connectivity index (χ4n) is 7.68. The molecule has 55 heavy (non-hydrogen) atoms. The predicted octanol–water partition coefficient (Wildman–Crippen LogP) is 8.39. The number of nitrogens with one attached hydrogen (secondary N) is 3. The van der Waals surface area contributed by atoms with Crippen LogP contribution in [-0.4, -0.2) is 64.3 Å². The lowest BCUT2D eigenvalue weighted by atomic mass is 9.97. The van der Waals surface area contributed by atoms with E-state index < -0.39 is 23.1 Å². The molecular weight excluding hydrogens is 698 g/mol. The number of rotatable bonds is 12. The van der Waals surface area contributed by atoms with Gasteiger partial charge in [0.05, 0.1) is 14.2 Å². The maximum atomic E-state index is 13.4. The number of hydrogen-bond acceptors (Lipinski definition) is 8. The van der Waals surface area contributed by atoms with E-state index in [0.717, 1.165) is 78.1 Å². The third-order valence-corrected chi connectivity index (χ3v) is 10.1. The molecule has 5 aromatic rings. The van der Waals surface area contributed by atoms with Gasteiger partial charge >= 0.3 is 23.9 Å². The van der Waals surface area contributed by atoms with Gasteiger partial charge in [-0.15, -0.1) is 0 Å². The number of benzene rings is 2. The minimum atomic E-state index is -0.699. The fourth-order valence-corrected chi connectivity index (χ4v) is 7.68. The molecule has 0 unspecified atom stereocenters. The average molecular weight is 750 g/mol. The lowest BCUT2D eigenvalue weighted by Crippen LogP contribution is -2.24. The molecule has 1 aliphatic rings. The number of carbonyl (C=O) groups is 4. The third-order valence-electron chi connectivity index (χ3n) is 10.1. The maximum absolute atomic E-state index is 13.4. The van der Waals surface area contributed by atoms with Crippen LogP contribution < -0.4 is 0 Å². The lowest BCUT2D eigenvalue weighted by molar-refractivity contribution is -0.141. The van der Waals surface area contributed by atoms with Gasteiger partial charge in [-0.1, -0.05) is 36.4 Å². The van der Waals surface area contributed by atoms with Gasteiger partial charge in [-0.05, 0) is 112 Å². The Morgan fingerprint density at radius 3 is 1.35 bits per heavy atom. The van der Waals surface area contributed by atoms with Gasteiger partial charge in [0.1, 0.15) is 22.6 Å². The standard InChI is InChI=1S/C44H51N3O8/c1-23-26(17-19-34(48)52-9)30(46-39(23)41(50)54-43(3,4)5)21-32-37-28-15-11-13-25-14-12-16-29(36(25)28)38(37)33(45-32)22-31-27(18-20-35(49)53-10)24(2)40(47-31)42(51)55-44(6,7)8/h11-16,45-47H,17-22H2,1-10H3. The van der Waals surface area contributed by atoms with Gasteiger partial charge in [0.2, 0.25) is 0 Å². The highest BCUT2D eigenvalue weighted by atomic mass is 16.6. The van der Waals surface area contributed by atoms with E-state index in [0.29, 0.717) is 37.1 Å². The SMILES string of the molecule is COC(=O)CCc1c(Cc2[nH]c(Cc3[nH]c(C(=O)OC(C)(C)C)c(C)c3CCC(=O)OC)c3c2-c2cccc4cccc-3c24)[nH]c(C(=O)OC(C)(C)C)c1C. The number of aromatic amines is 3. The van der Waals surface area contributed by atoms with Gasteiger partial charge in [-0.3, -0.25) is 9.59 Å². The Balaban J connectivity index is 1.50. The molecule has 290 valence electrons. The summed E-state index contributed by atoms with van der Waals surface area (Å²) in [5.41, 5.74) is 10.2. The number of methoxy groups -OCH3 is 2. The average Bonchev–Trinajstić information content (AvgIpc) is 3.82. The molecule has 0 amide bonds. The van der Waals surface area contributed by atoms with Crippen LogP contribution in [0.1, 0.15) is 120 Å². The highest BCUT2D eigenvalue weighted by Gasteiger charge is 2.32. The van der Waals surface area contributed by atoms with Crippen molar-refractivity contribution in [3.63, 3.8) is 0 Å². The Morgan fingerprint density at radius 1 is 0.582 bits per heavy atom. The van der Waals surface area contributed by atoms with Crippen LogP contribution in [0, 0.1) is 13.8 Å². The first-order valence-corrected chi connectivity index (χ1v) is 18.7. The van der Waals surface area contributed by atoms with Crippen LogP contribution >= 0.6 is 0 Å². The zero-order valence-electron chi connectivity index (χ0n) is 33.5. The molecule has 0 atom stereocenters. The van der Waals surface area contributed by atoms with Crippen LogP contribution in [0.4, 0.5) is 0 Å². The normalized spacial score (nSPS) is 12.2. The maximum Gasteiger partial charge on any atom is 0.355 e. The summed E-state index contributed by atoms with van der Waals surface area (Å²) in [6.07, 6.45) is 1.84. The molecule has 3 aromatic heterocycles. The molecule has 0 saturated heterocycles. The van der Waals surface area contributed by atoms with Gasteiger partial charge in [0.15, 0.2) is 0 Å². The first-order valence-electron chi connectivity index (χ1n) is 18.7. The Hall–Kier alpha value is -5.58. The lowest BCUT2D eigenvalue weighted by Gasteiger charge is -2.19. The molecule has 11 heteroatoms. The molecule has 2 aromatic carbocycles. The van der Waals surface area contributed by atoms with E-state index in [1.165, 1.54) is 14.2 Å². The third kappa shape index (κ3) is 7.97. The first kappa shape index (κ1) is 39.1. The van der Waals surface area contributed by atoms with Crippen LogP contribution in [0.15, 0.2) is 36.4 Å². The largest absolute Gasteiger partial charge is 0.469 e. The molecule has 0 spiro atoms. The van der Waals surface area contributed by atoms with Crippen molar-refractivity contribution in [2.75, 3.05) is 14.2 Å².